The van der Waals surface area contributed by atoms with Gasteiger partial charge in [-0.2, -0.15) is 10.4 Å². The maximum absolute atomic E-state index is 9.39. The smallest absolute Gasteiger partial charge is 0.147 e. The van der Waals surface area contributed by atoms with Crippen LogP contribution < -0.4 is 4.90 Å². The van der Waals surface area contributed by atoms with Gasteiger partial charge in [-0.05, 0) is 35.3 Å². The van der Waals surface area contributed by atoms with Crippen LogP contribution in [0.2, 0.25) is 5.02 Å². The van der Waals surface area contributed by atoms with E-state index in [2.05, 4.69) is 37.0 Å². The van der Waals surface area contributed by atoms with E-state index in [4.69, 9.17) is 11.6 Å². The fraction of sp³-hybridized carbons (Fsp3) is 0.400. The van der Waals surface area contributed by atoms with Gasteiger partial charge >= 0.3 is 0 Å². The van der Waals surface area contributed by atoms with Gasteiger partial charge in [0.25, 0.3) is 0 Å². The molecule has 0 radical (unpaired) electrons. The molecule has 2 aromatic heterocycles. The van der Waals surface area contributed by atoms with Gasteiger partial charge in [0.05, 0.1) is 26.9 Å². The molecule has 114 valence electrons. The molecule has 1 fully saturated rings. The Morgan fingerprint density at radius 1 is 1.45 bits per heavy atom. The molecule has 3 rings (SSSR count). The third-order valence-corrected chi connectivity index (χ3v) is 4.90. The van der Waals surface area contributed by atoms with Crippen LogP contribution in [0, 0.1) is 31.1 Å². The molecule has 0 aromatic carbocycles. The van der Waals surface area contributed by atoms with Crippen molar-refractivity contribution in [1.82, 2.24) is 14.8 Å². The topological polar surface area (TPSA) is 57.7 Å². The Hall–Kier alpha value is -1.58. The van der Waals surface area contributed by atoms with Crippen molar-refractivity contribution in [3.63, 3.8) is 0 Å². The molecule has 0 unspecified atom stereocenters. The third kappa shape index (κ3) is 2.71. The summed E-state index contributed by atoms with van der Waals surface area (Å²) in [6.07, 6.45) is 3.76. The number of hydrogen-bond acceptors (Lipinski definition) is 4. The van der Waals surface area contributed by atoms with Gasteiger partial charge in [-0.25, -0.2) is 4.98 Å². The van der Waals surface area contributed by atoms with Gasteiger partial charge in [-0.15, -0.1) is 0 Å². The quantitative estimate of drug-likeness (QED) is 0.819. The Balaban J connectivity index is 1.74. The van der Waals surface area contributed by atoms with Gasteiger partial charge in [0.1, 0.15) is 11.9 Å². The van der Waals surface area contributed by atoms with Crippen molar-refractivity contribution in [2.24, 2.45) is 5.92 Å². The highest BCUT2D eigenvalue weighted by Crippen LogP contribution is 2.32. The minimum atomic E-state index is 0.511. The Bertz CT molecular complexity index is 758. The molecule has 1 aliphatic rings. The van der Waals surface area contributed by atoms with Gasteiger partial charge in [0.2, 0.25) is 0 Å². The van der Waals surface area contributed by atoms with E-state index in [9.17, 15) is 5.26 Å². The van der Waals surface area contributed by atoms with Gasteiger partial charge in [0, 0.05) is 31.7 Å². The van der Waals surface area contributed by atoms with Gasteiger partial charge < -0.3 is 4.90 Å². The zero-order chi connectivity index (χ0) is 15.9. The first-order valence-electron chi connectivity index (χ1n) is 6.99. The summed E-state index contributed by atoms with van der Waals surface area (Å²) < 4.78 is 2.92. The van der Waals surface area contributed by atoms with E-state index in [0.29, 0.717) is 16.5 Å². The van der Waals surface area contributed by atoms with E-state index in [1.807, 2.05) is 24.7 Å². The molecule has 1 saturated heterocycles. The maximum Gasteiger partial charge on any atom is 0.147 e. The van der Waals surface area contributed by atoms with Crippen LogP contribution in [0.25, 0.3) is 0 Å². The molecule has 0 atom stereocenters. The zero-order valence-electron chi connectivity index (χ0n) is 12.3. The summed E-state index contributed by atoms with van der Waals surface area (Å²) in [5.41, 5.74) is 2.16. The largest absolute Gasteiger partial charge is 0.355 e. The van der Waals surface area contributed by atoms with Crippen molar-refractivity contribution in [1.29, 1.82) is 5.26 Å². The van der Waals surface area contributed by atoms with Crippen LogP contribution in [0.15, 0.2) is 16.9 Å². The minimum Gasteiger partial charge on any atom is -0.355 e. The highest BCUT2D eigenvalue weighted by atomic mass is 79.9. The standard InChI is InChI=1S/C15H15BrClN5/c1-9-13(3-18)15(20-10(2)14(9)17)21-5-11(6-21)7-22-8-12(16)4-19-22/h4,8,11H,5-7H2,1-2H3. The van der Waals surface area contributed by atoms with Crippen LogP contribution in [0.1, 0.15) is 16.8 Å². The molecule has 22 heavy (non-hydrogen) atoms. The van der Waals surface area contributed by atoms with E-state index < -0.39 is 0 Å². The normalized spacial score (nSPS) is 14.8. The monoisotopic (exact) mass is 379 g/mol. The number of pyridine rings is 1. The van der Waals surface area contributed by atoms with Gasteiger partial charge in [-0.1, -0.05) is 11.6 Å². The zero-order valence-corrected chi connectivity index (χ0v) is 14.7. The SMILES string of the molecule is Cc1nc(N2CC(Cn3cc(Br)cn3)C2)c(C#N)c(C)c1Cl. The summed E-state index contributed by atoms with van der Waals surface area (Å²) >= 11 is 9.59. The van der Waals surface area contributed by atoms with Crippen molar-refractivity contribution in [3.05, 3.63) is 38.7 Å². The Morgan fingerprint density at radius 2 is 2.18 bits per heavy atom. The lowest BCUT2D eigenvalue weighted by molar-refractivity contribution is 0.340. The van der Waals surface area contributed by atoms with Crippen molar-refractivity contribution >= 4 is 33.3 Å². The van der Waals surface area contributed by atoms with Crippen molar-refractivity contribution in [2.75, 3.05) is 18.0 Å². The average Bonchev–Trinajstić information content (AvgIpc) is 2.85. The number of aromatic nitrogens is 3. The fourth-order valence-electron chi connectivity index (χ4n) is 2.74. The molecular formula is C15H15BrClN5. The molecule has 0 spiro atoms. The lowest BCUT2D eigenvalue weighted by Crippen LogP contribution is -2.49. The van der Waals surface area contributed by atoms with E-state index in [1.54, 1.807) is 6.20 Å². The summed E-state index contributed by atoms with van der Waals surface area (Å²) in [6, 6.07) is 2.24. The van der Waals surface area contributed by atoms with E-state index in [-0.39, 0.29) is 0 Å². The molecule has 0 N–H and O–H groups in total. The molecule has 0 amide bonds. The molecule has 0 aliphatic carbocycles. The number of anilines is 1. The second-order valence-corrected chi connectivity index (χ2v) is 6.89. The van der Waals surface area contributed by atoms with Crippen LogP contribution in [-0.2, 0) is 6.54 Å². The van der Waals surface area contributed by atoms with E-state index in [0.717, 1.165) is 41.2 Å². The number of nitriles is 1. The number of nitrogens with zero attached hydrogens (tertiary/aromatic N) is 5. The molecule has 0 saturated carbocycles. The molecule has 5 nitrogen and oxygen atoms in total. The second-order valence-electron chi connectivity index (χ2n) is 5.60. The van der Waals surface area contributed by atoms with Crippen molar-refractivity contribution in [2.45, 2.75) is 20.4 Å². The first-order chi connectivity index (χ1) is 10.5. The van der Waals surface area contributed by atoms with Crippen LogP contribution in [-0.4, -0.2) is 27.9 Å². The van der Waals surface area contributed by atoms with Crippen LogP contribution in [0.5, 0.6) is 0 Å². The number of halogens is 2. The molecule has 3 heterocycles. The molecule has 2 aromatic rings. The number of aryl methyl sites for hydroxylation is 1. The van der Waals surface area contributed by atoms with E-state index in [1.165, 1.54) is 0 Å². The predicted molar refractivity (Wildman–Crippen MR) is 89.1 cm³/mol. The average molecular weight is 381 g/mol. The van der Waals surface area contributed by atoms with Gasteiger partial charge in [0.15, 0.2) is 0 Å². The van der Waals surface area contributed by atoms with Crippen molar-refractivity contribution in [3.8, 4) is 6.07 Å². The van der Waals surface area contributed by atoms with Crippen LogP contribution >= 0.6 is 27.5 Å². The molecule has 7 heteroatoms. The maximum atomic E-state index is 9.39. The first-order valence-corrected chi connectivity index (χ1v) is 8.16. The lowest BCUT2D eigenvalue weighted by atomic mass is 9.98. The minimum absolute atomic E-state index is 0.511. The third-order valence-electron chi connectivity index (χ3n) is 3.93. The summed E-state index contributed by atoms with van der Waals surface area (Å²) in [5.74, 6) is 1.26. The molecule has 0 bridgehead atoms. The second kappa shape index (κ2) is 5.90. The lowest BCUT2D eigenvalue weighted by Gasteiger charge is -2.40. The van der Waals surface area contributed by atoms with Crippen molar-refractivity contribution < 1.29 is 0 Å². The Kier molecular flexibility index (Phi) is 4.11. The molecular weight excluding hydrogens is 366 g/mol. The summed E-state index contributed by atoms with van der Waals surface area (Å²) in [6.45, 7) is 6.37. The number of rotatable bonds is 3. The first kappa shape index (κ1) is 15.3. The fourth-order valence-corrected chi connectivity index (χ4v) is 3.20. The Labute approximate surface area is 142 Å². The van der Waals surface area contributed by atoms with E-state index >= 15 is 0 Å². The highest BCUT2D eigenvalue weighted by molar-refractivity contribution is 9.10. The summed E-state index contributed by atoms with van der Waals surface area (Å²) in [7, 11) is 0. The van der Waals surface area contributed by atoms with Crippen LogP contribution in [0.4, 0.5) is 5.82 Å². The summed E-state index contributed by atoms with van der Waals surface area (Å²) in [5, 5.41) is 14.2. The number of hydrogen-bond donors (Lipinski definition) is 0. The predicted octanol–water partition coefficient (Wildman–Crippen LogP) is 3.32. The highest BCUT2D eigenvalue weighted by Gasteiger charge is 2.31. The van der Waals surface area contributed by atoms with Gasteiger partial charge in [-0.3, -0.25) is 4.68 Å². The Morgan fingerprint density at radius 3 is 2.77 bits per heavy atom. The summed E-state index contributed by atoms with van der Waals surface area (Å²) in [4.78, 5) is 6.65. The van der Waals surface area contributed by atoms with Crippen LogP contribution in [0.3, 0.4) is 0 Å². The molecule has 1 aliphatic heterocycles.